The van der Waals surface area contributed by atoms with Crippen molar-refractivity contribution in [1.29, 1.82) is 0 Å². The van der Waals surface area contributed by atoms with Gasteiger partial charge in [-0.15, -0.1) is 0 Å². The van der Waals surface area contributed by atoms with E-state index < -0.39 is 8.56 Å². The van der Waals surface area contributed by atoms with Crippen molar-refractivity contribution in [2.75, 3.05) is 14.2 Å². The smallest absolute Gasteiger partial charge is 0.371 e. The van der Waals surface area contributed by atoms with E-state index in [9.17, 15) is 0 Å². The van der Waals surface area contributed by atoms with Crippen molar-refractivity contribution < 1.29 is 8.85 Å². The van der Waals surface area contributed by atoms with Gasteiger partial charge in [0.1, 0.15) is 0 Å². The summed E-state index contributed by atoms with van der Waals surface area (Å²) in [4.78, 5) is 0. The fraction of sp³-hybridized carbons (Fsp3) is 0.867. The Morgan fingerprint density at radius 1 is 0.944 bits per heavy atom. The van der Waals surface area contributed by atoms with Gasteiger partial charge in [-0.2, -0.15) is 0 Å². The summed E-state index contributed by atoms with van der Waals surface area (Å²) in [7, 11) is 1.73. The van der Waals surface area contributed by atoms with Gasteiger partial charge in [-0.1, -0.05) is 24.8 Å². The lowest BCUT2D eigenvalue weighted by atomic mass is 10.0. The van der Waals surface area contributed by atoms with E-state index in [1.807, 2.05) is 14.2 Å². The second kappa shape index (κ2) is 5.10. The molecule has 0 saturated heterocycles. The second-order valence-electron chi connectivity index (χ2n) is 6.31. The molecule has 3 heteroatoms. The predicted molar refractivity (Wildman–Crippen MR) is 75.6 cm³/mol. The van der Waals surface area contributed by atoms with E-state index in [0.717, 1.165) is 5.92 Å². The van der Waals surface area contributed by atoms with E-state index in [-0.39, 0.29) is 0 Å². The minimum atomic E-state index is -2.08. The number of fused-ring (bicyclic) bond motifs is 2. The van der Waals surface area contributed by atoms with Crippen LogP contribution < -0.4 is 0 Å². The quantitative estimate of drug-likeness (QED) is 0.713. The summed E-state index contributed by atoms with van der Waals surface area (Å²) < 4.78 is 12.2. The Labute approximate surface area is 112 Å². The number of allylic oxidation sites excluding steroid dienone is 2. The van der Waals surface area contributed by atoms with Gasteiger partial charge in [0.15, 0.2) is 0 Å². The van der Waals surface area contributed by atoms with Crippen molar-refractivity contribution in [1.82, 2.24) is 0 Å². The lowest BCUT2D eigenvalue weighted by molar-refractivity contribution is 0.224. The van der Waals surface area contributed by atoms with Gasteiger partial charge >= 0.3 is 8.56 Å². The highest BCUT2D eigenvalue weighted by atomic mass is 28.4. The summed E-state index contributed by atoms with van der Waals surface area (Å²) in [6, 6.07) is 0. The van der Waals surface area contributed by atoms with Crippen molar-refractivity contribution in [3.63, 3.8) is 0 Å². The van der Waals surface area contributed by atoms with E-state index in [4.69, 9.17) is 8.85 Å². The molecule has 0 amide bonds. The average molecular weight is 266 g/mol. The molecule has 0 aromatic carbocycles. The van der Waals surface area contributed by atoms with Crippen LogP contribution in [0.3, 0.4) is 0 Å². The zero-order chi connectivity index (χ0) is 12.6. The van der Waals surface area contributed by atoms with Crippen LogP contribution in [0.4, 0.5) is 0 Å². The predicted octanol–water partition coefficient (Wildman–Crippen LogP) is 4.10. The minimum Gasteiger partial charge on any atom is -0.394 e. The molecule has 2 nitrogen and oxygen atoms in total. The van der Waals surface area contributed by atoms with Gasteiger partial charge < -0.3 is 8.85 Å². The van der Waals surface area contributed by atoms with Gasteiger partial charge in [0.2, 0.25) is 0 Å². The number of rotatable bonds is 4. The van der Waals surface area contributed by atoms with E-state index in [0.29, 0.717) is 5.54 Å². The van der Waals surface area contributed by atoms with Gasteiger partial charge in [0, 0.05) is 19.8 Å². The van der Waals surface area contributed by atoms with E-state index >= 15 is 0 Å². The third kappa shape index (κ3) is 1.91. The molecule has 0 radical (unpaired) electrons. The Morgan fingerprint density at radius 2 is 1.67 bits per heavy atom. The average Bonchev–Trinajstić information content (AvgIpc) is 3.05. The van der Waals surface area contributed by atoms with Crippen LogP contribution in [0.15, 0.2) is 10.8 Å². The molecule has 0 aliphatic heterocycles. The van der Waals surface area contributed by atoms with Gasteiger partial charge in [-0.3, -0.25) is 0 Å². The van der Waals surface area contributed by atoms with Gasteiger partial charge in [-0.05, 0) is 49.6 Å². The molecular weight excluding hydrogens is 240 g/mol. The summed E-state index contributed by atoms with van der Waals surface area (Å²) in [5.74, 6) is 0.927. The topological polar surface area (TPSA) is 18.5 Å². The molecule has 2 saturated carbocycles. The fourth-order valence-corrected chi connectivity index (χ4v) is 8.87. The minimum absolute atomic E-state index is 0.711. The highest BCUT2D eigenvalue weighted by Gasteiger charge is 2.52. The van der Waals surface area contributed by atoms with Crippen molar-refractivity contribution in [2.45, 2.75) is 63.3 Å². The molecule has 3 rings (SSSR count). The van der Waals surface area contributed by atoms with Crippen LogP contribution in [-0.4, -0.2) is 22.8 Å². The second-order valence-corrected chi connectivity index (χ2v) is 9.88. The van der Waals surface area contributed by atoms with Gasteiger partial charge in [-0.25, -0.2) is 0 Å². The Morgan fingerprint density at radius 3 is 2.17 bits per heavy atom. The monoisotopic (exact) mass is 266 g/mol. The molecule has 2 bridgehead atoms. The molecule has 3 aliphatic rings. The first kappa shape index (κ1) is 12.9. The van der Waals surface area contributed by atoms with Crippen LogP contribution in [0.25, 0.3) is 0 Å². The molecule has 2 fully saturated rings. The summed E-state index contributed by atoms with van der Waals surface area (Å²) in [5, 5.41) is 1.66. The molecule has 3 aliphatic carbocycles. The molecule has 1 unspecified atom stereocenters. The SMILES string of the molecule is CO[Si](OC)(C1=C2CCC(C2)C1)C1CCCCC1. The molecule has 0 N–H and O–H groups in total. The Balaban J connectivity index is 1.90. The Kier molecular flexibility index (Phi) is 3.65. The van der Waals surface area contributed by atoms with Crippen molar-refractivity contribution >= 4 is 8.56 Å². The zero-order valence-corrected chi connectivity index (χ0v) is 12.8. The fourth-order valence-electron chi connectivity index (χ4n) is 4.59. The normalized spacial score (nSPS) is 29.3. The zero-order valence-electron chi connectivity index (χ0n) is 11.8. The van der Waals surface area contributed by atoms with Crippen LogP contribution in [0.2, 0.25) is 5.54 Å². The van der Waals surface area contributed by atoms with Crippen molar-refractivity contribution in [3.8, 4) is 0 Å². The standard InChI is InChI=1S/C15H26O2Si/c1-16-18(17-2,14-6-4-3-5-7-14)15-11-12-8-9-13(15)10-12/h12,14H,3-11H2,1-2H3. The maximum absolute atomic E-state index is 6.12. The van der Waals surface area contributed by atoms with E-state index in [2.05, 4.69) is 0 Å². The van der Waals surface area contributed by atoms with Crippen LogP contribution in [0, 0.1) is 5.92 Å². The van der Waals surface area contributed by atoms with Crippen LogP contribution in [0.5, 0.6) is 0 Å². The molecule has 18 heavy (non-hydrogen) atoms. The summed E-state index contributed by atoms with van der Waals surface area (Å²) in [5.41, 5.74) is 2.43. The molecule has 102 valence electrons. The lowest BCUT2D eigenvalue weighted by Gasteiger charge is -2.39. The van der Waals surface area contributed by atoms with E-state index in [1.165, 1.54) is 57.8 Å². The third-order valence-corrected chi connectivity index (χ3v) is 9.74. The maximum atomic E-state index is 6.12. The first-order valence-electron chi connectivity index (χ1n) is 7.62. The Hall–Kier alpha value is -0.123. The number of hydrogen-bond acceptors (Lipinski definition) is 2. The maximum Gasteiger partial charge on any atom is 0.371 e. The molecule has 0 heterocycles. The van der Waals surface area contributed by atoms with Crippen LogP contribution in [-0.2, 0) is 8.85 Å². The molecule has 0 spiro atoms. The first-order chi connectivity index (χ1) is 8.80. The van der Waals surface area contributed by atoms with E-state index in [1.54, 1.807) is 10.8 Å². The highest BCUT2D eigenvalue weighted by Crippen LogP contribution is 2.52. The first-order valence-corrected chi connectivity index (χ1v) is 9.51. The molecule has 0 aromatic heterocycles. The molecule has 1 atom stereocenters. The van der Waals surface area contributed by atoms with Gasteiger partial charge in [0.25, 0.3) is 0 Å². The summed E-state index contributed by atoms with van der Waals surface area (Å²) >= 11 is 0. The summed E-state index contributed by atoms with van der Waals surface area (Å²) in [6.45, 7) is 0. The molecular formula is C15H26O2Si. The van der Waals surface area contributed by atoms with Crippen LogP contribution in [0.1, 0.15) is 57.8 Å². The highest BCUT2D eigenvalue weighted by molar-refractivity contribution is 6.76. The number of hydrogen-bond donors (Lipinski definition) is 0. The largest absolute Gasteiger partial charge is 0.394 e. The van der Waals surface area contributed by atoms with Crippen molar-refractivity contribution in [3.05, 3.63) is 10.8 Å². The van der Waals surface area contributed by atoms with Gasteiger partial charge in [0.05, 0.1) is 0 Å². The Bertz CT molecular complexity index is 340. The van der Waals surface area contributed by atoms with Crippen molar-refractivity contribution in [2.24, 2.45) is 5.92 Å². The third-order valence-electron chi connectivity index (χ3n) is 5.48. The van der Waals surface area contributed by atoms with Crippen LogP contribution >= 0.6 is 0 Å². The summed E-state index contributed by atoms with van der Waals surface area (Å²) in [6.07, 6.45) is 12.2. The lowest BCUT2D eigenvalue weighted by Crippen LogP contribution is -2.48. The molecule has 0 aromatic rings.